The molecule has 3 N–H and O–H groups in total. The first-order valence-electron chi connectivity index (χ1n) is 6.02. The Kier molecular flexibility index (Phi) is 6.60. The Hall–Kier alpha value is -0.960. The number of nitrogens with one attached hydrogen (secondary N) is 1. The van der Waals surface area contributed by atoms with Crippen molar-refractivity contribution in [3.05, 3.63) is 28.2 Å². The highest BCUT2D eigenvalue weighted by Crippen LogP contribution is 2.21. The van der Waals surface area contributed by atoms with Gasteiger partial charge in [0.1, 0.15) is 0 Å². The lowest BCUT2D eigenvalue weighted by atomic mass is 10.2. The molecule has 1 aromatic carbocycles. The second-order valence-corrected chi connectivity index (χ2v) is 6.75. The number of rotatable bonds is 8. The van der Waals surface area contributed by atoms with E-state index in [-0.39, 0.29) is 23.6 Å². The molecule has 0 saturated carbocycles. The van der Waals surface area contributed by atoms with Crippen LogP contribution in [0.25, 0.3) is 0 Å². The quantitative estimate of drug-likeness (QED) is 0.606. The lowest BCUT2D eigenvalue weighted by Gasteiger charge is -2.08. The van der Waals surface area contributed by atoms with E-state index in [0.29, 0.717) is 17.3 Å². The van der Waals surface area contributed by atoms with Crippen LogP contribution in [0.1, 0.15) is 29.6 Å². The molecule has 0 saturated heterocycles. The number of aliphatic hydroxyl groups excluding tert-OH is 1. The lowest BCUT2D eigenvalue weighted by molar-refractivity contribution is 0.0695. The van der Waals surface area contributed by atoms with Crippen molar-refractivity contribution in [2.24, 2.45) is 0 Å². The van der Waals surface area contributed by atoms with Crippen LogP contribution in [0.2, 0.25) is 0 Å². The summed E-state index contributed by atoms with van der Waals surface area (Å²) in [4.78, 5) is 10.9. The van der Waals surface area contributed by atoms with Crippen LogP contribution in [0.3, 0.4) is 0 Å². The highest BCUT2D eigenvalue weighted by molar-refractivity contribution is 9.10. The van der Waals surface area contributed by atoms with E-state index >= 15 is 0 Å². The van der Waals surface area contributed by atoms with Crippen LogP contribution in [0.5, 0.6) is 0 Å². The Morgan fingerprint density at radius 2 is 1.95 bits per heavy atom. The maximum absolute atomic E-state index is 12.0. The fraction of sp³-hybridized carbons (Fsp3) is 0.417. The van der Waals surface area contributed by atoms with Crippen molar-refractivity contribution in [3.63, 3.8) is 0 Å². The van der Waals surface area contributed by atoms with Gasteiger partial charge in [-0.2, -0.15) is 0 Å². The van der Waals surface area contributed by atoms with Crippen molar-refractivity contribution < 1.29 is 23.4 Å². The average molecular weight is 366 g/mol. The fourth-order valence-corrected chi connectivity index (χ4v) is 3.06. The minimum absolute atomic E-state index is 0.0831. The first kappa shape index (κ1) is 17.1. The molecule has 20 heavy (non-hydrogen) atoms. The summed E-state index contributed by atoms with van der Waals surface area (Å²) >= 11 is 3.06. The fourth-order valence-electron chi connectivity index (χ4n) is 1.54. The van der Waals surface area contributed by atoms with Crippen molar-refractivity contribution in [1.82, 2.24) is 4.72 Å². The van der Waals surface area contributed by atoms with E-state index in [0.717, 1.165) is 12.5 Å². The molecular formula is C12H16BrNO5S. The molecule has 8 heteroatoms. The van der Waals surface area contributed by atoms with Gasteiger partial charge in [-0.25, -0.2) is 17.9 Å². The minimum Gasteiger partial charge on any atom is -0.478 e. The van der Waals surface area contributed by atoms with Crippen LogP contribution < -0.4 is 4.72 Å². The van der Waals surface area contributed by atoms with Crippen molar-refractivity contribution in [2.75, 3.05) is 13.2 Å². The highest BCUT2D eigenvalue weighted by Gasteiger charge is 2.17. The molecule has 0 aromatic heterocycles. The summed E-state index contributed by atoms with van der Waals surface area (Å²) in [5, 5.41) is 17.6. The summed E-state index contributed by atoms with van der Waals surface area (Å²) in [6.07, 6.45) is 1.96. The van der Waals surface area contributed by atoms with Gasteiger partial charge in [-0.3, -0.25) is 0 Å². The van der Waals surface area contributed by atoms with Crippen molar-refractivity contribution >= 4 is 31.9 Å². The zero-order chi connectivity index (χ0) is 15.2. The number of carboxylic acid groups (broad SMARTS) is 1. The molecule has 0 amide bonds. The first-order valence-corrected chi connectivity index (χ1v) is 8.29. The molecule has 1 rings (SSSR count). The maximum atomic E-state index is 12.0. The third-order valence-corrected chi connectivity index (χ3v) is 4.76. The second-order valence-electron chi connectivity index (χ2n) is 4.13. The number of aromatic carboxylic acids is 1. The molecule has 6 nitrogen and oxygen atoms in total. The standard InChI is InChI=1S/C12H16BrNO5S/c13-11-5-4-9(8-10(11)12(16)17)20(18,19)14-6-2-1-3-7-15/h4-5,8,14-15H,1-3,6-7H2,(H,16,17). The van der Waals surface area contributed by atoms with Crippen LogP contribution in [0.4, 0.5) is 0 Å². The van der Waals surface area contributed by atoms with Gasteiger partial charge in [0.05, 0.1) is 10.5 Å². The number of aliphatic hydroxyl groups is 1. The monoisotopic (exact) mass is 365 g/mol. The van der Waals surface area contributed by atoms with Gasteiger partial charge in [0.25, 0.3) is 0 Å². The topological polar surface area (TPSA) is 104 Å². The molecule has 0 atom stereocenters. The molecular weight excluding hydrogens is 350 g/mol. The molecule has 0 aliphatic rings. The Morgan fingerprint density at radius 3 is 2.55 bits per heavy atom. The number of benzene rings is 1. The van der Waals surface area contributed by atoms with Gasteiger partial charge in [0.15, 0.2) is 0 Å². The van der Waals surface area contributed by atoms with Crippen LogP contribution in [0.15, 0.2) is 27.6 Å². The van der Waals surface area contributed by atoms with Crippen molar-refractivity contribution in [1.29, 1.82) is 0 Å². The Balaban J connectivity index is 2.77. The SMILES string of the molecule is O=C(O)c1cc(S(=O)(=O)NCCCCCO)ccc1Br. The summed E-state index contributed by atoms with van der Waals surface area (Å²) in [6, 6.07) is 3.85. The predicted octanol–water partition coefficient (Wildman–Crippen LogP) is 1.59. The smallest absolute Gasteiger partial charge is 0.336 e. The third-order valence-electron chi connectivity index (χ3n) is 2.61. The molecule has 0 heterocycles. The Bertz CT molecular complexity index is 573. The van der Waals surface area contributed by atoms with Gasteiger partial charge in [0, 0.05) is 17.6 Å². The number of hydrogen-bond acceptors (Lipinski definition) is 4. The first-order chi connectivity index (χ1) is 9.38. The normalized spacial score (nSPS) is 11.5. The zero-order valence-corrected chi connectivity index (χ0v) is 13.1. The van der Waals surface area contributed by atoms with E-state index < -0.39 is 16.0 Å². The predicted molar refractivity (Wildman–Crippen MR) is 77.2 cm³/mol. The summed E-state index contributed by atoms with van der Waals surface area (Å²) < 4.78 is 26.7. The third kappa shape index (κ3) is 4.86. The van der Waals surface area contributed by atoms with E-state index in [1.807, 2.05) is 0 Å². The number of carbonyl (C=O) groups is 1. The highest BCUT2D eigenvalue weighted by atomic mass is 79.9. The number of halogens is 1. The molecule has 1 aromatic rings. The molecule has 0 bridgehead atoms. The van der Waals surface area contributed by atoms with Gasteiger partial charge < -0.3 is 10.2 Å². The van der Waals surface area contributed by atoms with E-state index in [1.165, 1.54) is 12.1 Å². The number of unbranched alkanes of at least 4 members (excludes halogenated alkanes) is 2. The minimum atomic E-state index is -3.72. The molecule has 112 valence electrons. The molecule has 0 radical (unpaired) electrons. The van der Waals surface area contributed by atoms with Crippen LogP contribution >= 0.6 is 15.9 Å². The molecule has 0 fully saturated rings. The molecule has 0 spiro atoms. The Morgan fingerprint density at radius 1 is 1.25 bits per heavy atom. The lowest BCUT2D eigenvalue weighted by Crippen LogP contribution is -2.25. The number of hydrogen-bond donors (Lipinski definition) is 3. The number of carboxylic acids is 1. The summed E-state index contributed by atoms with van der Waals surface area (Å²) in [7, 11) is -3.72. The summed E-state index contributed by atoms with van der Waals surface area (Å²) in [5.74, 6) is -1.20. The zero-order valence-electron chi connectivity index (χ0n) is 10.7. The molecule has 0 unspecified atom stereocenters. The molecule has 0 aliphatic heterocycles. The number of sulfonamides is 1. The van der Waals surface area contributed by atoms with E-state index in [4.69, 9.17) is 10.2 Å². The maximum Gasteiger partial charge on any atom is 0.336 e. The summed E-state index contributed by atoms with van der Waals surface area (Å²) in [5.41, 5.74) is -0.104. The van der Waals surface area contributed by atoms with Crippen LogP contribution in [0, 0.1) is 0 Å². The van der Waals surface area contributed by atoms with Crippen molar-refractivity contribution in [2.45, 2.75) is 24.2 Å². The van der Waals surface area contributed by atoms with Crippen LogP contribution in [-0.2, 0) is 10.0 Å². The van der Waals surface area contributed by atoms with Crippen molar-refractivity contribution in [3.8, 4) is 0 Å². The Labute approximate surface area is 126 Å². The van der Waals surface area contributed by atoms with Gasteiger partial charge in [-0.15, -0.1) is 0 Å². The van der Waals surface area contributed by atoms with E-state index in [9.17, 15) is 13.2 Å². The van der Waals surface area contributed by atoms with E-state index in [2.05, 4.69) is 20.7 Å². The van der Waals surface area contributed by atoms with Gasteiger partial charge in [-0.05, 0) is 53.4 Å². The molecule has 0 aliphatic carbocycles. The largest absolute Gasteiger partial charge is 0.478 e. The van der Waals surface area contributed by atoms with Gasteiger partial charge >= 0.3 is 5.97 Å². The van der Waals surface area contributed by atoms with Gasteiger partial charge in [-0.1, -0.05) is 0 Å². The second kappa shape index (κ2) is 7.72. The summed E-state index contributed by atoms with van der Waals surface area (Å²) in [6.45, 7) is 0.336. The van der Waals surface area contributed by atoms with Crippen LogP contribution in [-0.4, -0.2) is 37.8 Å². The average Bonchev–Trinajstić information content (AvgIpc) is 2.38. The van der Waals surface area contributed by atoms with Gasteiger partial charge in [0.2, 0.25) is 10.0 Å². The van der Waals surface area contributed by atoms with E-state index in [1.54, 1.807) is 0 Å².